The molecular formula is C17H20ClNO2. The Balaban J connectivity index is 2.50. The van der Waals surface area contributed by atoms with Crippen molar-refractivity contribution >= 4 is 11.6 Å². The molecule has 0 fully saturated rings. The highest BCUT2D eigenvalue weighted by Crippen LogP contribution is 2.32. The van der Waals surface area contributed by atoms with Crippen molar-refractivity contribution in [3.05, 3.63) is 58.6 Å². The number of nitrogens with one attached hydrogen (secondary N) is 1. The Hall–Kier alpha value is -1.71. The van der Waals surface area contributed by atoms with Crippen LogP contribution in [0, 0.1) is 0 Å². The third-order valence-corrected chi connectivity index (χ3v) is 3.68. The highest BCUT2D eigenvalue weighted by Gasteiger charge is 2.17. The molecule has 1 N–H and O–H groups in total. The Morgan fingerprint density at radius 2 is 1.67 bits per heavy atom. The van der Waals surface area contributed by atoms with Gasteiger partial charge in [0.05, 0.1) is 20.3 Å². The quantitative estimate of drug-likeness (QED) is 0.873. The molecule has 4 heteroatoms. The lowest BCUT2D eigenvalue weighted by Gasteiger charge is -2.21. The highest BCUT2D eigenvalue weighted by atomic mass is 35.5. The number of rotatable bonds is 6. The SMILES string of the molecule is CCNC(c1cc(OC)cc(OC)c1)c1ccccc1Cl. The normalized spacial score (nSPS) is 12.0. The molecule has 0 amide bonds. The van der Waals surface area contributed by atoms with Crippen LogP contribution in [0.2, 0.25) is 5.02 Å². The maximum Gasteiger partial charge on any atom is 0.122 e. The first-order valence-electron chi connectivity index (χ1n) is 6.90. The summed E-state index contributed by atoms with van der Waals surface area (Å²) < 4.78 is 10.7. The summed E-state index contributed by atoms with van der Waals surface area (Å²) in [5.41, 5.74) is 2.09. The van der Waals surface area contributed by atoms with Crippen LogP contribution in [0.1, 0.15) is 24.1 Å². The van der Waals surface area contributed by atoms with Crippen molar-refractivity contribution in [1.29, 1.82) is 0 Å². The molecule has 2 aromatic carbocycles. The van der Waals surface area contributed by atoms with E-state index in [0.29, 0.717) is 0 Å². The van der Waals surface area contributed by atoms with E-state index in [1.807, 2.05) is 42.5 Å². The molecule has 0 aromatic heterocycles. The van der Waals surface area contributed by atoms with Gasteiger partial charge in [0.2, 0.25) is 0 Å². The molecule has 2 rings (SSSR count). The van der Waals surface area contributed by atoms with Crippen LogP contribution >= 0.6 is 11.6 Å². The van der Waals surface area contributed by atoms with E-state index in [2.05, 4.69) is 12.2 Å². The molecular weight excluding hydrogens is 286 g/mol. The summed E-state index contributed by atoms with van der Waals surface area (Å²) in [7, 11) is 3.30. The van der Waals surface area contributed by atoms with Crippen LogP contribution in [0.4, 0.5) is 0 Å². The van der Waals surface area contributed by atoms with E-state index in [4.69, 9.17) is 21.1 Å². The molecule has 2 aromatic rings. The van der Waals surface area contributed by atoms with Crippen LogP contribution in [0.5, 0.6) is 11.5 Å². The third kappa shape index (κ3) is 3.69. The number of hydrogen-bond acceptors (Lipinski definition) is 3. The van der Waals surface area contributed by atoms with E-state index in [-0.39, 0.29) is 6.04 Å². The van der Waals surface area contributed by atoms with Gasteiger partial charge in [-0.25, -0.2) is 0 Å². The third-order valence-electron chi connectivity index (χ3n) is 3.33. The van der Waals surface area contributed by atoms with E-state index in [1.165, 1.54) is 0 Å². The molecule has 21 heavy (non-hydrogen) atoms. The Morgan fingerprint density at radius 3 is 2.19 bits per heavy atom. The fraction of sp³-hybridized carbons (Fsp3) is 0.294. The molecule has 0 bridgehead atoms. The van der Waals surface area contributed by atoms with Gasteiger partial charge in [0.25, 0.3) is 0 Å². The van der Waals surface area contributed by atoms with Crippen molar-refractivity contribution in [2.75, 3.05) is 20.8 Å². The molecule has 0 saturated heterocycles. The van der Waals surface area contributed by atoms with Gasteiger partial charge < -0.3 is 14.8 Å². The number of benzene rings is 2. The van der Waals surface area contributed by atoms with Crippen LogP contribution in [-0.4, -0.2) is 20.8 Å². The summed E-state index contributed by atoms with van der Waals surface area (Å²) in [6.45, 7) is 2.90. The van der Waals surface area contributed by atoms with E-state index in [0.717, 1.165) is 34.2 Å². The smallest absolute Gasteiger partial charge is 0.122 e. The van der Waals surface area contributed by atoms with Gasteiger partial charge >= 0.3 is 0 Å². The maximum absolute atomic E-state index is 6.35. The van der Waals surface area contributed by atoms with Gasteiger partial charge in [0, 0.05) is 11.1 Å². The van der Waals surface area contributed by atoms with Crippen LogP contribution < -0.4 is 14.8 Å². The van der Waals surface area contributed by atoms with Gasteiger partial charge in [-0.2, -0.15) is 0 Å². The van der Waals surface area contributed by atoms with E-state index >= 15 is 0 Å². The first-order valence-corrected chi connectivity index (χ1v) is 7.28. The topological polar surface area (TPSA) is 30.5 Å². The standard InChI is InChI=1S/C17H20ClNO2/c1-4-19-17(15-7-5-6-8-16(15)18)12-9-13(20-2)11-14(10-12)21-3/h5-11,17,19H,4H2,1-3H3. The Kier molecular flexibility index (Phi) is 5.48. The second-order valence-electron chi connectivity index (χ2n) is 4.66. The van der Waals surface area contributed by atoms with Gasteiger partial charge in [0.1, 0.15) is 11.5 Å². The molecule has 0 aliphatic heterocycles. The average Bonchev–Trinajstić information content (AvgIpc) is 2.53. The van der Waals surface area contributed by atoms with Crippen LogP contribution in [-0.2, 0) is 0 Å². The van der Waals surface area contributed by atoms with Gasteiger partial charge in [-0.3, -0.25) is 0 Å². The van der Waals surface area contributed by atoms with Crippen molar-refractivity contribution in [2.24, 2.45) is 0 Å². The predicted octanol–water partition coefficient (Wildman–Crippen LogP) is 4.06. The molecule has 0 aliphatic carbocycles. The largest absolute Gasteiger partial charge is 0.497 e. The summed E-state index contributed by atoms with van der Waals surface area (Å²) >= 11 is 6.35. The molecule has 0 aliphatic rings. The molecule has 0 heterocycles. The van der Waals surface area contributed by atoms with Crippen LogP contribution in [0.25, 0.3) is 0 Å². The molecule has 112 valence electrons. The average molecular weight is 306 g/mol. The Morgan fingerprint density at radius 1 is 1.05 bits per heavy atom. The maximum atomic E-state index is 6.35. The molecule has 0 spiro atoms. The van der Waals surface area contributed by atoms with Crippen molar-refractivity contribution in [2.45, 2.75) is 13.0 Å². The number of ether oxygens (including phenoxy) is 2. The minimum absolute atomic E-state index is 0.00676. The Bertz CT molecular complexity index is 579. The summed E-state index contributed by atoms with van der Waals surface area (Å²) in [5, 5.41) is 4.20. The molecule has 1 unspecified atom stereocenters. The summed E-state index contributed by atoms with van der Waals surface area (Å²) in [4.78, 5) is 0. The fourth-order valence-corrected chi connectivity index (χ4v) is 2.56. The minimum atomic E-state index is -0.00676. The van der Waals surface area contributed by atoms with Gasteiger partial charge in [-0.05, 0) is 35.9 Å². The predicted molar refractivity (Wildman–Crippen MR) is 86.5 cm³/mol. The molecule has 0 saturated carbocycles. The number of hydrogen-bond donors (Lipinski definition) is 1. The first-order chi connectivity index (χ1) is 10.2. The van der Waals surface area contributed by atoms with E-state index < -0.39 is 0 Å². The summed E-state index contributed by atoms with van der Waals surface area (Å²) in [5.74, 6) is 1.53. The lowest BCUT2D eigenvalue weighted by atomic mass is 9.98. The number of halogens is 1. The highest BCUT2D eigenvalue weighted by molar-refractivity contribution is 6.31. The van der Waals surface area contributed by atoms with Gasteiger partial charge in [-0.15, -0.1) is 0 Å². The second kappa shape index (κ2) is 7.34. The summed E-state index contributed by atoms with van der Waals surface area (Å²) in [6, 6.07) is 13.7. The zero-order valence-corrected chi connectivity index (χ0v) is 13.3. The lowest BCUT2D eigenvalue weighted by molar-refractivity contribution is 0.392. The fourth-order valence-electron chi connectivity index (χ4n) is 2.32. The molecule has 3 nitrogen and oxygen atoms in total. The van der Waals surface area contributed by atoms with Crippen molar-refractivity contribution < 1.29 is 9.47 Å². The van der Waals surface area contributed by atoms with Crippen LogP contribution in [0.3, 0.4) is 0 Å². The first kappa shape index (κ1) is 15.7. The monoisotopic (exact) mass is 305 g/mol. The molecule has 1 atom stereocenters. The lowest BCUT2D eigenvalue weighted by Crippen LogP contribution is -2.22. The minimum Gasteiger partial charge on any atom is -0.497 e. The van der Waals surface area contributed by atoms with Crippen molar-refractivity contribution in [3.8, 4) is 11.5 Å². The van der Waals surface area contributed by atoms with Gasteiger partial charge in [0.15, 0.2) is 0 Å². The second-order valence-corrected chi connectivity index (χ2v) is 5.07. The molecule has 0 radical (unpaired) electrons. The van der Waals surface area contributed by atoms with Crippen molar-refractivity contribution in [1.82, 2.24) is 5.32 Å². The van der Waals surface area contributed by atoms with Crippen LogP contribution in [0.15, 0.2) is 42.5 Å². The zero-order valence-electron chi connectivity index (χ0n) is 12.5. The Labute approximate surface area is 130 Å². The zero-order chi connectivity index (χ0) is 15.2. The van der Waals surface area contributed by atoms with E-state index in [9.17, 15) is 0 Å². The number of methoxy groups -OCH3 is 2. The van der Waals surface area contributed by atoms with Gasteiger partial charge in [-0.1, -0.05) is 36.7 Å². The van der Waals surface area contributed by atoms with Crippen molar-refractivity contribution in [3.63, 3.8) is 0 Å². The van der Waals surface area contributed by atoms with E-state index in [1.54, 1.807) is 14.2 Å². The summed E-state index contributed by atoms with van der Waals surface area (Å²) in [6.07, 6.45) is 0.